The van der Waals surface area contributed by atoms with Gasteiger partial charge in [-0.05, 0) is 38.5 Å². The molecule has 1 aliphatic heterocycles. The summed E-state index contributed by atoms with van der Waals surface area (Å²) in [5.41, 5.74) is 0. The van der Waals surface area contributed by atoms with Crippen LogP contribution in [-0.2, 0) is 14.3 Å². The van der Waals surface area contributed by atoms with E-state index in [0.29, 0.717) is 19.3 Å². The van der Waals surface area contributed by atoms with Gasteiger partial charge < -0.3 is 45.4 Å². The summed E-state index contributed by atoms with van der Waals surface area (Å²) in [5, 5.41) is 64.2. The number of amides is 1. The number of hydrogen-bond donors (Lipinski definition) is 7. The molecule has 0 bridgehead atoms. The van der Waals surface area contributed by atoms with Gasteiger partial charge >= 0.3 is 0 Å². The fraction of sp³-hybridized carbons (Fsp3) is 0.825. The standard InChI is InChI=1S/C40H73NO9/c1-3-5-7-9-11-13-15-16-17-19-21-23-25-27-29-34(44)39(48)41-32(31-49-40-38(47)37(46)36(45)35(30-42)50-40)33(43)28-26-24-22-20-18-14-12-10-8-6-4-2/h8,10,18,20,26,28,32-38,40,42-47H,3-7,9,11-17,19,21-25,27,29-31H2,1-2H3,(H,41,48)/b10-8+,20-18+,28-26+. The second kappa shape index (κ2) is 30.9. The van der Waals surface area contributed by atoms with E-state index in [1.165, 1.54) is 64.2 Å². The number of carbonyl (C=O) groups excluding carboxylic acids is 1. The van der Waals surface area contributed by atoms with Crippen LogP contribution in [0.2, 0.25) is 0 Å². The Morgan fingerprint density at radius 3 is 1.70 bits per heavy atom. The maximum absolute atomic E-state index is 12.9. The smallest absolute Gasteiger partial charge is 0.249 e. The molecule has 1 heterocycles. The lowest BCUT2D eigenvalue weighted by atomic mass is 9.99. The average Bonchev–Trinajstić information content (AvgIpc) is 3.11. The van der Waals surface area contributed by atoms with Gasteiger partial charge in [0.1, 0.15) is 30.5 Å². The number of rotatable bonds is 31. The van der Waals surface area contributed by atoms with E-state index in [9.17, 15) is 35.4 Å². The number of nitrogens with one attached hydrogen (secondary N) is 1. The molecule has 1 amide bonds. The van der Waals surface area contributed by atoms with Crippen LogP contribution in [0, 0.1) is 0 Å². The molecule has 7 N–H and O–H groups in total. The first-order chi connectivity index (χ1) is 24.3. The van der Waals surface area contributed by atoms with E-state index in [4.69, 9.17) is 9.47 Å². The predicted octanol–water partition coefficient (Wildman–Crippen LogP) is 5.91. The zero-order chi connectivity index (χ0) is 36.8. The predicted molar refractivity (Wildman–Crippen MR) is 199 cm³/mol. The summed E-state index contributed by atoms with van der Waals surface area (Å²) in [4.78, 5) is 12.9. The van der Waals surface area contributed by atoms with Gasteiger partial charge in [-0.1, -0.05) is 147 Å². The number of aliphatic hydroxyl groups excluding tert-OH is 6. The van der Waals surface area contributed by atoms with Gasteiger partial charge in [0.05, 0.1) is 25.4 Å². The van der Waals surface area contributed by atoms with Gasteiger partial charge in [-0.15, -0.1) is 0 Å². The van der Waals surface area contributed by atoms with Gasteiger partial charge in [-0.2, -0.15) is 0 Å². The summed E-state index contributed by atoms with van der Waals surface area (Å²) in [6.07, 6.45) is 25.3. The van der Waals surface area contributed by atoms with Crippen LogP contribution in [0.4, 0.5) is 0 Å². The molecular weight excluding hydrogens is 638 g/mol. The van der Waals surface area contributed by atoms with E-state index >= 15 is 0 Å². The molecule has 50 heavy (non-hydrogen) atoms. The number of unbranched alkanes of at least 4 members (excludes halogenated alkanes) is 16. The highest BCUT2D eigenvalue weighted by Crippen LogP contribution is 2.22. The van der Waals surface area contributed by atoms with E-state index in [1.54, 1.807) is 6.08 Å². The molecule has 1 rings (SSSR count). The van der Waals surface area contributed by atoms with Crippen LogP contribution < -0.4 is 5.32 Å². The number of aliphatic hydroxyl groups is 6. The molecule has 10 heteroatoms. The van der Waals surface area contributed by atoms with Crippen molar-refractivity contribution in [3.63, 3.8) is 0 Å². The second-order valence-corrected chi connectivity index (χ2v) is 13.9. The largest absolute Gasteiger partial charge is 0.394 e. The minimum atomic E-state index is -1.61. The SMILES string of the molecule is CCC/C=C/CC/C=C/CC/C=C/C(O)C(COC1OC(CO)C(O)C(O)C1O)NC(=O)C(O)CCCCCCCCCCCCCCCC. The molecule has 0 radical (unpaired) electrons. The Balaban J connectivity index is 2.52. The van der Waals surface area contributed by atoms with Gasteiger partial charge in [-0.3, -0.25) is 4.79 Å². The summed E-state index contributed by atoms with van der Waals surface area (Å²) >= 11 is 0. The minimum absolute atomic E-state index is 0.302. The highest BCUT2D eigenvalue weighted by atomic mass is 16.7. The molecule has 8 unspecified atom stereocenters. The van der Waals surface area contributed by atoms with E-state index in [-0.39, 0.29) is 6.61 Å². The quantitative estimate of drug-likeness (QED) is 0.0342. The lowest BCUT2D eigenvalue weighted by Crippen LogP contribution is -2.60. The number of carbonyl (C=O) groups is 1. The Kier molecular flexibility index (Phi) is 28.7. The van der Waals surface area contributed by atoms with Crippen LogP contribution in [0.15, 0.2) is 36.5 Å². The highest BCUT2D eigenvalue weighted by molar-refractivity contribution is 5.80. The first kappa shape index (κ1) is 46.4. The summed E-state index contributed by atoms with van der Waals surface area (Å²) in [6, 6.07) is -0.998. The van der Waals surface area contributed by atoms with Crippen LogP contribution >= 0.6 is 0 Å². The number of hydrogen-bond acceptors (Lipinski definition) is 9. The molecule has 10 nitrogen and oxygen atoms in total. The van der Waals surface area contributed by atoms with E-state index in [1.807, 2.05) is 6.08 Å². The van der Waals surface area contributed by atoms with Crippen LogP contribution in [0.5, 0.6) is 0 Å². The van der Waals surface area contributed by atoms with Crippen LogP contribution in [0.1, 0.15) is 149 Å². The topological polar surface area (TPSA) is 169 Å². The summed E-state index contributed by atoms with van der Waals surface area (Å²) < 4.78 is 11.1. The maximum Gasteiger partial charge on any atom is 0.249 e. The van der Waals surface area contributed by atoms with Crippen molar-refractivity contribution in [1.29, 1.82) is 0 Å². The van der Waals surface area contributed by atoms with Crippen molar-refractivity contribution in [2.75, 3.05) is 13.2 Å². The summed E-state index contributed by atoms with van der Waals surface area (Å²) in [5.74, 6) is -0.634. The number of allylic oxidation sites excluding steroid dienone is 5. The Labute approximate surface area is 303 Å². The molecule has 1 fully saturated rings. The van der Waals surface area contributed by atoms with Crippen molar-refractivity contribution >= 4 is 5.91 Å². The zero-order valence-electron chi connectivity index (χ0n) is 31.3. The van der Waals surface area contributed by atoms with Gasteiger partial charge in [0.15, 0.2) is 6.29 Å². The van der Waals surface area contributed by atoms with Crippen molar-refractivity contribution < 1.29 is 44.9 Å². The van der Waals surface area contributed by atoms with Crippen molar-refractivity contribution in [2.24, 2.45) is 0 Å². The first-order valence-electron chi connectivity index (χ1n) is 19.8. The van der Waals surface area contributed by atoms with E-state index < -0.39 is 61.5 Å². The molecule has 0 saturated carbocycles. The van der Waals surface area contributed by atoms with E-state index in [0.717, 1.165) is 51.4 Å². The molecule has 1 saturated heterocycles. The molecular formula is C40H73NO9. The van der Waals surface area contributed by atoms with Crippen molar-refractivity contribution in [3.05, 3.63) is 36.5 Å². The van der Waals surface area contributed by atoms with E-state index in [2.05, 4.69) is 43.5 Å². The fourth-order valence-electron chi connectivity index (χ4n) is 5.96. The summed E-state index contributed by atoms with van der Waals surface area (Å²) in [7, 11) is 0. The Morgan fingerprint density at radius 1 is 0.680 bits per heavy atom. The van der Waals surface area contributed by atoms with Crippen molar-refractivity contribution in [3.8, 4) is 0 Å². The lowest BCUT2D eigenvalue weighted by molar-refractivity contribution is -0.302. The summed E-state index contributed by atoms with van der Waals surface area (Å²) in [6.45, 7) is 3.47. The lowest BCUT2D eigenvalue weighted by Gasteiger charge is -2.40. The number of ether oxygens (including phenoxy) is 2. The maximum atomic E-state index is 12.9. The first-order valence-corrected chi connectivity index (χ1v) is 19.8. The van der Waals surface area contributed by atoms with Crippen LogP contribution in [0.3, 0.4) is 0 Å². The van der Waals surface area contributed by atoms with Gasteiger partial charge in [-0.25, -0.2) is 0 Å². The molecule has 0 spiro atoms. The Morgan fingerprint density at radius 2 is 1.18 bits per heavy atom. The molecule has 0 aromatic rings. The average molecular weight is 712 g/mol. The van der Waals surface area contributed by atoms with Gasteiger partial charge in [0.2, 0.25) is 5.91 Å². The molecule has 0 aliphatic carbocycles. The normalized spacial score (nSPS) is 23.2. The molecule has 292 valence electrons. The third-order valence-corrected chi connectivity index (χ3v) is 9.28. The second-order valence-electron chi connectivity index (χ2n) is 13.9. The third-order valence-electron chi connectivity index (χ3n) is 9.28. The molecule has 8 atom stereocenters. The zero-order valence-corrected chi connectivity index (χ0v) is 31.3. The fourth-order valence-corrected chi connectivity index (χ4v) is 5.96. The van der Waals surface area contributed by atoms with Crippen LogP contribution in [0.25, 0.3) is 0 Å². The highest BCUT2D eigenvalue weighted by Gasteiger charge is 2.44. The van der Waals surface area contributed by atoms with Crippen LogP contribution in [-0.4, -0.2) is 98.7 Å². The molecule has 1 aliphatic rings. The minimum Gasteiger partial charge on any atom is -0.394 e. The Hall–Kier alpha value is -1.63. The van der Waals surface area contributed by atoms with Gasteiger partial charge in [0, 0.05) is 0 Å². The molecule has 0 aromatic heterocycles. The Bertz CT molecular complexity index is 896. The van der Waals surface area contributed by atoms with Crippen molar-refractivity contribution in [2.45, 2.75) is 198 Å². The third kappa shape index (κ3) is 21.7. The van der Waals surface area contributed by atoms with Gasteiger partial charge in [0.25, 0.3) is 0 Å². The molecule has 0 aromatic carbocycles. The monoisotopic (exact) mass is 712 g/mol. The van der Waals surface area contributed by atoms with Crippen molar-refractivity contribution in [1.82, 2.24) is 5.32 Å².